The minimum Gasteiger partial charge on any atom is -0.497 e. The highest BCUT2D eigenvalue weighted by Gasteiger charge is 2.01. The van der Waals surface area contributed by atoms with E-state index < -0.39 is 0 Å². The first-order chi connectivity index (χ1) is 15.7. The van der Waals surface area contributed by atoms with E-state index in [1.807, 2.05) is 71.3 Å². The highest BCUT2D eigenvalue weighted by Crippen LogP contribution is 2.13. The second-order valence-electron chi connectivity index (χ2n) is 5.94. The Labute approximate surface area is 206 Å². The van der Waals surface area contributed by atoms with Crippen molar-refractivity contribution in [3.63, 3.8) is 0 Å². The van der Waals surface area contributed by atoms with Crippen LogP contribution in [0.15, 0.2) is 92.8 Å². The Morgan fingerprint density at radius 1 is 0.970 bits per heavy atom. The van der Waals surface area contributed by atoms with Crippen molar-refractivity contribution >= 4 is 13.0 Å². The minimum atomic E-state index is 0. The van der Waals surface area contributed by atoms with Crippen LogP contribution in [0.2, 0.25) is 0 Å². The standard InChI is InChI=1S/C19H31NO.C5H8.C2H6.C2H4.CH2O.H2O/c1-5-10-18(4)12-9-16-21-17-14-19(11-6-2)13-8-15-20-7-3;1-3-5-4-2;3*1-2;/h5-7,9,12,14,17-19H,1-2,8,10-11,13,15-16H2,3-4H3;3-5H,1H2,2H3;1-2H3;1-2H2;1H2;1H2/b12-9+,17-14+,20-7?;5-4+;;;;/t18?,19-;;;;;/m1...../s1. The molecule has 0 radical (unpaired) electrons. The van der Waals surface area contributed by atoms with Crippen molar-refractivity contribution in [2.45, 2.75) is 60.3 Å². The van der Waals surface area contributed by atoms with E-state index in [0.717, 1.165) is 32.2 Å². The van der Waals surface area contributed by atoms with Gasteiger partial charge in [0.2, 0.25) is 0 Å². The molecule has 192 valence electrons. The lowest BCUT2D eigenvalue weighted by Gasteiger charge is -2.09. The van der Waals surface area contributed by atoms with Gasteiger partial charge in [-0.3, -0.25) is 4.99 Å². The van der Waals surface area contributed by atoms with Crippen LogP contribution in [0, 0.1) is 11.8 Å². The van der Waals surface area contributed by atoms with Crippen molar-refractivity contribution in [1.82, 2.24) is 0 Å². The summed E-state index contributed by atoms with van der Waals surface area (Å²) in [5, 5.41) is 0. The van der Waals surface area contributed by atoms with Gasteiger partial charge in [0.25, 0.3) is 0 Å². The third-order valence-electron chi connectivity index (χ3n) is 3.49. The third kappa shape index (κ3) is 53.0. The van der Waals surface area contributed by atoms with Crippen LogP contribution in [0.4, 0.5) is 0 Å². The number of hydrogen-bond acceptors (Lipinski definition) is 3. The zero-order chi connectivity index (χ0) is 25.9. The molecular weight excluding hydrogens is 410 g/mol. The number of aliphatic imine (C=N–C) groups is 1. The van der Waals surface area contributed by atoms with Crippen LogP contribution in [0.5, 0.6) is 0 Å². The summed E-state index contributed by atoms with van der Waals surface area (Å²) in [4.78, 5) is 12.2. The lowest BCUT2D eigenvalue weighted by Crippen LogP contribution is -1.97. The summed E-state index contributed by atoms with van der Waals surface area (Å²) in [6.07, 6.45) is 23.8. The summed E-state index contributed by atoms with van der Waals surface area (Å²) in [5.41, 5.74) is 0. The van der Waals surface area contributed by atoms with Gasteiger partial charge in [-0.05, 0) is 63.7 Å². The Balaban J connectivity index is -0.000000129. The highest BCUT2D eigenvalue weighted by molar-refractivity contribution is 5.53. The maximum atomic E-state index is 8.00. The molecule has 0 aromatic heterocycles. The van der Waals surface area contributed by atoms with Gasteiger partial charge in [-0.15, -0.1) is 26.3 Å². The Morgan fingerprint density at radius 2 is 1.55 bits per heavy atom. The molecule has 2 N–H and O–H groups in total. The maximum absolute atomic E-state index is 8.00. The smallest absolute Gasteiger partial charge is 0.106 e. The van der Waals surface area contributed by atoms with Crippen LogP contribution in [-0.2, 0) is 9.53 Å². The van der Waals surface area contributed by atoms with Crippen LogP contribution in [0.1, 0.15) is 60.3 Å². The van der Waals surface area contributed by atoms with Gasteiger partial charge in [-0.2, -0.15) is 0 Å². The van der Waals surface area contributed by atoms with Crippen LogP contribution >= 0.6 is 0 Å². The fourth-order valence-corrected chi connectivity index (χ4v) is 2.12. The number of rotatable bonds is 14. The SMILES string of the molecule is C=C.C=C/C=C/C.C=CCC(C)/C=C/CO/C=C/[C@H](CC=C)CCCN=CC.C=O.CC.O. The Morgan fingerprint density at radius 3 is 1.97 bits per heavy atom. The predicted molar refractivity (Wildman–Crippen MR) is 153 cm³/mol. The average Bonchev–Trinajstić information content (AvgIpc) is 2.84. The number of carbonyl (C=O) groups excluding carboxylic acids is 1. The van der Waals surface area contributed by atoms with Gasteiger partial charge >= 0.3 is 0 Å². The second kappa shape index (κ2) is 51.7. The number of ether oxygens (including phenoxy) is 1. The molecule has 0 saturated heterocycles. The Bertz CT molecular complexity index is 477. The molecule has 0 aromatic rings. The van der Waals surface area contributed by atoms with Gasteiger partial charge in [0.1, 0.15) is 13.4 Å². The number of nitrogens with zero attached hydrogens (tertiary/aromatic N) is 1. The van der Waals surface area contributed by atoms with Crippen molar-refractivity contribution in [3.05, 3.63) is 87.8 Å². The first kappa shape index (κ1) is 44.0. The van der Waals surface area contributed by atoms with Crippen molar-refractivity contribution in [2.75, 3.05) is 13.2 Å². The topological polar surface area (TPSA) is 70.2 Å². The molecule has 0 aliphatic heterocycles. The van der Waals surface area contributed by atoms with Crippen molar-refractivity contribution in [3.8, 4) is 0 Å². The van der Waals surface area contributed by atoms with E-state index in [2.05, 4.69) is 63.0 Å². The first-order valence-corrected chi connectivity index (χ1v) is 11.3. The summed E-state index contributed by atoms with van der Waals surface area (Å²) in [5.74, 6) is 1.03. The Hall–Kier alpha value is -2.72. The van der Waals surface area contributed by atoms with E-state index >= 15 is 0 Å². The van der Waals surface area contributed by atoms with E-state index in [4.69, 9.17) is 9.53 Å². The molecule has 4 nitrogen and oxygen atoms in total. The Kier molecular flexibility index (Phi) is 69.0. The monoisotopic (exact) mass is 463 g/mol. The molecule has 0 bridgehead atoms. The number of allylic oxidation sites excluding steroid dienone is 7. The van der Waals surface area contributed by atoms with E-state index in [1.165, 1.54) is 0 Å². The van der Waals surface area contributed by atoms with Gasteiger partial charge in [0.05, 0.1) is 6.26 Å². The van der Waals surface area contributed by atoms with Gasteiger partial charge < -0.3 is 15.0 Å². The van der Waals surface area contributed by atoms with Crippen molar-refractivity contribution in [2.24, 2.45) is 16.8 Å². The zero-order valence-corrected chi connectivity index (χ0v) is 22.2. The van der Waals surface area contributed by atoms with Gasteiger partial charge in [-0.25, -0.2) is 0 Å². The molecule has 2 atom stereocenters. The van der Waals surface area contributed by atoms with Crippen LogP contribution < -0.4 is 0 Å². The van der Waals surface area contributed by atoms with Crippen LogP contribution in [0.3, 0.4) is 0 Å². The van der Waals surface area contributed by atoms with E-state index in [0.29, 0.717) is 18.4 Å². The van der Waals surface area contributed by atoms with Gasteiger partial charge in [0.15, 0.2) is 0 Å². The molecule has 33 heavy (non-hydrogen) atoms. The van der Waals surface area contributed by atoms with Crippen LogP contribution in [-0.4, -0.2) is 31.6 Å². The summed E-state index contributed by atoms with van der Waals surface area (Å²) in [7, 11) is 0. The molecule has 0 heterocycles. The van der Waals surface area contributed by atoms with E-state index in [1.54, 1.807) is 6.08 Å². The van der Waals surface area contributed by atoms with Gasteiger partial charge in [-0.1, -0.05) is 69.9 Å². The number of carbonyl (C=O) groups is 1. The van der Waals surface area contributed by atoms with E-state index in [-0.39, 0.29) is 5.48 Å². The fourth-order valence-electron chi connectivity index (χ4n) is 2.12. The lowest BCUT2D eigenvalue weighted by molar-refractivity contribution is -0.0980. The molecule has 1 unspecified atom stereocenters. The molecule has 0 fully saturated rings. The second-order valence-corrected chi connectivity index (χ2v) is 5.94. The third-order valence-corrected chi connectivity index (χ3v) is 3.49. The molecule has 0 aliphatic rings. The first-order valence-electron chi connectivity index (χ1n) is 11.3. The lowest BCUT2D eigenvalue weighted by atomic mass is 9.99. The molecule has 0 spiro atoms. The maximum Gasteiger partial charge on any atom is 0.106 e. The minimum absolute atomic E-state index is 0. The predicted octanol–water partition coefficient (Wildman–Crippen LogP) is 7.92. The summed E-state index contributed by atoms with van der Waals surface area (Å²) in [6.45, 7) is 30.6. The molecule has 0 saturated carbocycles. The van der Waals surface area contributed by atoms with Crippen molar-refractivity contribution < 1.29 is 15.0 Å². The summed E-state index contributed by atoms with van der Waals surface area (Å²) >= 11 is 0. The highest BCUT2D eigenvalue weighted by atomic mass is 16.5. The molecule has 0 aromatic carbocycles. The zero-order valence-electron chi connectivity index (χ0n) is 22.2. The van der Waals surface area contributed by atoms with E-state index in [9.17, 15) is 0 Å². The van der Waals surface area contributed by atoms with Crippen LogP contribution in [0.25, 0.3) is 0 Å². The fraction of sp³-hybridized carbons (Fsp3) is 0.448. The summed E-state index contributed by atoms with van der Waals surface area (Å²) < 4.78 is 5.51. The molecule has 0 rings (SSSR count). The van der Waals surface area contributed by atoms with Crippen molar-refractivity contribution in [1.29, 1.82) is 0 Å². The largest absolute Gasteiger partial charge is 0.497 e. The van der Waals surface area contributed by atoms with Gasteiger partial charge in [0, 0.05) is 6.54 Å². The quantitative estimate of drug-likeness (QED) is 0.0863. The molecular formula is C29H53NO3. The number of hydrogen-bond donors (Lipinski definition) is 0. The average molecular weight is 464 g/mol. The molecule has 0 amide bonds. The molecule has 0 aliphatic carbocycles. The molecule has 4 heteroatoms. The summed E-state index contributed by atoms with van der Waals surface area (Å²) in [6, 6.07) is 0. The normalized spacial score (nSPS) is 11.2.